The normalized spacial score (nSPS) is 11.1. The second-order valence-electron chi connectivity index (χ2n) is 5.93. The Balaban J connectivity index is 1.78. The molecule has 1 amide bonds. The van der Waals surface area contributed by atoms with Gasteiger partial charge in [0.1, 0.15) is 4.88 Å². The second kappa shape index (κ2) is 8.37. The Morgan fingerprint density at radius 3 is 2.48 bits per heavy atom. The standard InChI is InChI=1S/C18H16N4O5S2/c1-12-16(17(23)19-11-13-7-3-2-4-8-13)28-18(20-12)21-29(26,27)15-10-6-5-9-14(15)22(24)25/h2-10H,11H2,1H3,(H,19,23)(H,20,21). The van der Waals surface area contributed by atoms with Gasteiger partial charge in [0, 0.05) is 12.6 Å². The van der Waals surface area contributed by atoms with Crippen LogP contribution in [0.15, 0.2) is 59.5 Å². The minimum atomic E-state index is -4.25. The summed E-state index contributed by atoms with van der Waals surface area (Å²) in [6.45, 7) is 1.89. The first-order chi connectivity index (χ1) is 13.8. The number of nitrogens with zero attached hydrogens (tertiary/aromatic N) is 2. The smallest absolute Gasteiger partial charge is 0.289 e. The lowest BCUT2D eigenvalue weighted by molar-refractivity contribution is -0.387. The summed E-state index contributed by atoms with van der Waals surface area (Å²) < 4.78 is 27.4. The van der Waals surface area contributed by atoms with Crippen LogP contribution in [0, 0.1) is 17.0 Å². The molecule has 3 aromatic rings. The Hall–Kier alpha value is -3.31. The van der Waals surface area contributed by atoms with E-state index in [1.807, 2.05) is 30.3 Å². The number of benzene rings is 2. The number of rotatable bonds is 7. The maximum Gasteiger partial charge on any atom is 0.289 e. The van der Waals surface area contributed by atoms with Crippen LogP contribution in [0.5, 0.6) is 0 Å². The van der Waals surface area contributed by atoms with Crippen molar-refractivity contribution in [2.75, 3.05) is 4.72 Å². The Bertz CT molecular complexity index is 1160. The van der Waals surface area contributed by atoms with Gasteiger partial charge in [-0.3, -0.25) is 19.6 Å². The molecule has 0 aliphatic heterocycles. The van der Waals surface area contributed by atoms with Crippen LogP contribution in [-0.2, 0) is 16.6 Å². The number of amides is 1. The van der Waals surface area contributed by atoms with Crippen molar-refractivity contribution < 1.29 is 18.1 Å². The minimum Gasteiger partial charge on any atom is -0.347 e. The highest BCUT2D eigenvalue weighted by molar-refractivity contribution is 7.93. The first-order valence-corrected chi connectivity index (χ1v) is 10.6. The first-order valence-electron chi connectivity index (χ1n) is 8.34. The van der Waals surface area contributed by atoms with E-state index in [2.05, 4.69) is 15.0 Å². The molecular weight excluding hydrogens is 416 g/mol. The molecule has 0 saturated carbocycles. The topological polar surface area (TPSA) is 131 Å². The molecule has 3 rings (SSSR count). The van der Waals surface area contributed by atoms with Crippen molar-refractivity contribution in [2.24, 2.45) is 0 Å². The molecule has 2 N–H and O–H groups in total. The van der Waals surface area contributed by atoms with Crippen LogP contribution in [0.3, 0.4) is 0 Å². The van der Waals surface area contributed by atoms with Crippen molar-refractivity contribution in [1.82, 2.24) is 10.3 Å². The molecule has 0 saturated heterocycles. The fourth-order valence-corrected chi connectivity index (χ4v) is 4.81. The van der Waals surface area contributed by atoms with Crippen LogP contribution in [0.1, 0.15) is 20.9 Å². The fourth-order valence-electron chi connectivity index (χ4n) is 2.51. The van der Waals surface area contributed by atoms with E-state index < -0.39 is 25.5 Å². The van der Waals surface area contributed by atoms with E-state index in [0.29, 0.717) is 12.2 Å². The van der Waals surface area contributed by atoms with Crippen molar-refractivity contribution in [2.45, 2.75) is 18.4 Å². The van der Waals surface area contributed by atoms with Crippen molar-refractivity contribution in [3.05, 3.63) is 80.8 Å². The number of aryl methyl sites for hydroxylation is 1. The molecule has 0 atom stereocenters. The number of anilines is 1. The van der Waals surface area contributed by atoms with Gasteiger partial charge in [0.25, 0.3) is 21.6 Å². The van der Waals surface area contributed by atoms with Gasteiger partial charge in [-0.25, -0.2) is 13.4 Å². The van der Waals surface area contributed by atoms with Crippen LogP contribution in [0.2, 0.25) is 0 Å². The van der Waals surface area contributed by atoms with E-state index >= 15 is 0 Å². The lowest BCUT2D eigenvalue weighted by Crippen LogP contribution is -2.22. The number of sulfonamides is 1. The molecule has 150 valence electrons. The minimum absolute atomic E-state index is 0.0505. The zero-order valence-corrected chi connectivity index (χ0v) is 16.8. The number of nitrogens with one attached hydrogen (secondary N) is 2. The van der Waals surface area contributed by atoms with E-state index in [9.17, 15) is 23.3 Å². The molecule has 0 unspecified atom stereocenters. The summed E-state index contributed by atoms with van der Waals surface area (Å²) in [5, 5.41) is 13.8. The average molecular weight is 432 g/mol. The summed E-state index contributed by atoms with van der Waals surface area (Å²) in [7, 11) is -4.25. The second-order valence-corrected chi connectivity index (χ2v) is 8.58. The van der Waals surface area contributed by atoms with Gasteiger partial charge in [0.2, 0.25) is 0 Å². The number of carbonyl (C=O) groups excluding carboxylic acids is 1. The number of thiazole rings is 1. The van der Waals surface area contributed by atoms with Crippen molar-refractivity contribution in [3.63, 3.8) is 0 Å². The van der Waals surface area contributed by atoms with Gasteiger partial charge in [0.05, 0.1) is 10.6 Å². The zero-order valence-electron chi connectivity index (χ0n) is 15.2. The van der Waals surface area contributed by atoms with Gasteiger partial charge < -0.3 is 5.32 Å². The van der Waals surface area contributed by atoms with Gasteiger partial charge >= 0.3 is 0 Å². The maximum absolute atomic E-state index is 12.6. The number of hydrogen-bond donors (Lipinski definition) is 2. The number of aromatic nitrogens is 1. The summed E-state index contributed by atoms with van der Waals surface area (Å²) in [5.74, 6) is -0.389. The van der Waals surface area contributed by atoms with Gasteiger partial charge in [-0.2, -0.15) is 0 Å². The molecule has 0 bridgehead atoms. The van der Waals surface area contributed by atoms with E-state index in [4.69, 9.17) is 0 Å². The highest BCUT2D eigenvalue weighted by Gasteiger charge is 2.27. The molecule has 1 heterocycles. The molecular formula is C18H16N4O5S2. The van der Waals surface area contributed by atoms with E-state index in [-0.39, 0.29) is 15.9 Å². The Kier molecular flexibility index (Phi) is 5.89. The van der Waals surface area contributed by atoms with Crippen LogP contribution in [0.25, 0.3) is 0 Å². The number of carbonyl (C=O) groups is 1. The number of nitro benzene ring substituents is 1. The number of nitro groups is 1. The van der Waals surface area contributed by atoms with Gasteiger partial charge in [-0.05, 0) is 18.6 Å². The van der Waals surface area contributed by atoms with Crippen molar-refractivity contribution in [3.8, 4) is 0 Å². The molecule has 0 aliphatic rings. The molecule has 29 heavy (non-hydrogen) atoms. The highest BCUT2D eigenvalue weighted by atomic mass is 32.2. The summed E-state index contributed by atoms with van der Waals surface area (Å²) >= 11 is 0.855. The molecule has 0 fully saturated rings. The molecule has 9 nitrogen and oxygen atoms in total. The average Bonchev–Trinajstić information content (AvgIpc) is 3.06. The summed E-state index contributed by atoms with van der Waals surface area (Å²) in [5.41, 5.74) is 0.718. The van der Waals surface area contributed by atoms with E-state index in [1.54, 1.807) is 6.92 Å². The summed E-state index contributed by atoms with van der Waals surface area (Å²) in [6, 6.07) is 14.3. The zero-order chi connectivity index (χ0) is 21.0. The van der Waals surface area contributed by atoms with Gasteiger partial charge in [-0.1, -0.05) is 53.8 Å². The number of hydrogen-bond acceptors (Lipinski definition) is 7. The molecule has 0 aliphatic carbocycles. The summed E-state index contributed by atoms with van der Waals surface area (Å²) in [6.07, 6.45) is 0. The molecule has 0 spiro atoms. The quantitative estimate of drug-likeness (QED) is 0.436. The largest absolute Gasteiger partial charge is 0.347 e. The predicted molar refractivity (Wildman–Crippen MR) is 108 cm³/mol. The SMILES string of the molecule is Cc1nc(NS(=O)(=O)c2ccccc2[N+](=O)[O-])sc1C(=O)NCc1ccccc1. The van der Waals surface area contributed by atoms with E-state index in [0.717, 1.165) is 29.0 Å². The van der Waals surface area contributed by atoms with Crippen LogP contribution < -0.4 is 10.0 Å². The molecule has 11 heteroatoms. The first kappa shape index (κ1) is 20.4. The highest BCUT2D eigenvalue weighted by Crippen LogP contribution is 2.28. The number of para-hydroxylation sites is 1. The molecule has 1 aromatic heterocycles. The Morgan fingerprint density at radius 2 is 1.79 bits per heavy atom. The lowest BCUT2D eigenvalue weighted by atomic mass is 10.2. The molecule has 2 aromatic carbocycles. The van der Waals surface area contributed by atoms with Crippen LogP contribution >= 0.6 is 11.3 Å². The van der Waals surface area contributed by atoms with Crippen LogP contribution in [-0.4, -0.2) is 24.2 Å². The van der Waals surface area contributed by atoms with E-state index in [1.165, 1.54) is 12.1 Å². The monoisotopic (exact) mass is 432 g/mol. The van der Waals surface area contributed by atoms with Gasteiger partial charge in [-0.15, -0.1) is 0 Å². The third kappa shape index (κ3) is 4.76. The Labute approximate surface area is 170 Å². The van der Waals surface area contributed by atoms with Crippen molar-refractivity contribution in [1.29, 1.82) is 0 Å². The lowest BCUT2D eigenvalue weighted by Gasteiger charge is -2.05. The molecule has 0 radical (unpaired) electrons. The van der Waals surface area contributed by atoms with Gasteiger partial charge in [0.15, 0.2) is 10.0 Å². The fraction of sp³-hybridized carbons (Fsp3) is 0.111. The summed E-state index contributed by atoms with van der Waals surface area (Å²) in [4.78, 5) is 26.6. The van der Waals surface area contributed by atoms with Crippen molar-refractivity contribution >= 4 is 38.1 Å². The Morgan fingerprint density at radius 1 is 1.14 bits per heavy atom. The van der Waals surface area contributed by atoms with Crippen LogP contribution in [0.4, 0.5) is 10.8 Å². The third-order valence-corrected chi connectivity index (χ3v) is 6.46. The third-order valence-electron chi connectivity index (χ3n) is 3.87. The predicted octanol–water partition coefficient (Wildman–Crippen LogP) is 3.09. The maximum atomic E-state index is 12.6.